The van der Waals surface area contributed by atoms with Gasteiger partial charge >= 0.3 is 0 Å². The topological polar surface area (TPSA) is 73.6 Å². The molecule has 3 rings (SSSR count). The van der Waals surface area contributed by atoms with Gasteiger partial charge in [0.2, 0.25) is 12.7 Å². The van der Waals surface area contributed by atoms with Crippen LogP contribution >= 0.6 is 12.4 Å². The highest BCUT2D eigenvalue weighted by molar-refractivity contribution is 5.85. The van der Waals surface area contributed by atoms with E-state index in [1.807, 2.05) is 18.2 Å². The normalized spacial score (nSPS) is 17.2. The predicted molar refractivity (Wildman–Crippen MR) is 77.2 cm³/mol. The molecule has 0 saturated heterocycles. The van der Waals surface area contributed by atoms with Gasteiger partial charge < -0.3 is 20.5 Å². The van der Waals surface area contributed by atoms with Gasteiger partial charge in [-0.1, -0.05) is 6.07 Å². The zero-order valence-electron chi connectivity index (χ0n) is 11.1. The summed E-state index contributed by atoms with van der Waals surface area (Å²) in [5.74, 6) is 2.04. The monoisotopic (exact) mass is 298 g/mol. The van der Waals surface area contributed by atoms with Gasteiger partial charge in [-0.15, -0.1) is 12.4 Å². The number of hydrogen-bond donors (Lipinski definition) is 2. The zero-order valence-corrected chi connectivity index (χ0v) is 11.9. The van der Waals surface area contributed by atoms with Gasteiger partial charge in [-0.3, -0.25) is 4.79 Å². The molecule has 1 unspecified atom stereocenters. The van der Waals surface area contributed by atoms with E-state index in [1.165, 1.54) is 12.8 Å². The summed E-state index contributed by atoms with van der Waals surface area (Å²) >= 11 is 0. The minimum absolute atomic E-state index is 0. The maximum Gasteiger partial charge on any atom is 0.231 e. The number of rotatable bonds is 5. The van der Waals surface area contributed by atoms with Crippen molar-refractivity contribution in [3.8, 4) is 11.5 Å². The summed E-state index contributed by atoms with van der Waals surface area (Å²) in [5.41, 5.74) is 6.86. The lowest BCUT2D eigenvalue weighted by Gasteiger charge is -2.11. The second kappa shape index (κ2) is 6.33. The largest absolute Gasteiger partial charge is 0.454 e. The molecule has 1 saturated carbocycles. The van der Waals surface area contributed by atoms with E-state index in [9.17, 15) is 4.79 Å². The second-order valence-corrected chi connectivity index (χ2v) is 5.17. The molecule has 20 heavy (non-hydrogen) atoms. The molecule has 0 bridgehead atoms. The van der Waals surface area contributed by atoms with Gasteiger partial charge in [0.1, 0.15) is 0 Å². The number of carbonyl (C=O) groups excluding carboxylic acids is 1. The molecule has 1 fully saturated rings. The molecule has 0 radical (unpaired) electrons. The Labute approximate surface area is 124 Å². The van der Waals surface area contributed by atoms with Crippen molar-refractivity contribution in [3.63, 3.8) is 0 Å². The first-order valence-corrected chi connectivity index (χ1v) is 6.63. The molecule has 0 aromatic heterocycles. The van der Waals surface area contributed by atoms with Crippen molar-refractivity contribution in [3.05, 3.63) is 23.8 Å². The molecule has 1 aliphatic carbocycles. The molecular formula is C14H19ClN2O3. The van der Waals surface area contributed by atoms with Gasteiger partial charge in [0.15, 0.2) is 11.5 Å². The Kier molecular flexibility index (Phi) is 4.73. The summed E-state index contributed by atoms with van der Waals surface area (Å²) in [6, 6.07) is 5.66. The van der Waals surface area contributed by atoms with Crippen molar-refractivity contribution in [2.75, 3.05) is 13.3 Å². The minimum Gasteiger partial charge on any atom is -0.454 e. The third kappa shape index (κ3) is 3.55. The Hall–Kier alpha value is -1.46. The molecule has 3 N–H and O–H groups in total. The summed E-state index contributed by atoms with van der Waals surface area (Å²) in [4.78, 5) is 11.8. The van der Waals surface area contributed by atoms with Crippen LogP contribution in [0.5, 0.6) is 11.5 Å². The lowest BCUT2D eigenvalue weighted by atomic mass is 10.1. The molecule has 110 valence electrons. The van der Waals surface area contributed by atoms with Gasteiger partial charge in [0.25, 0.3) is 0 Å². The lowest BCUT2D eigenvalue weighted by Crippen LogP contribution is -2.39. The van der Waals surface area contributed by atoms with Gasteiger partial charge in [-0.05, 0) is 36.5 Å². The highest BCUT2D eigenvalue weighted by Gasteiger charge is 2.28. The Morgan fingerprint density at radius 2 is 2.10 bits per heavy atom. The molecule has 2 aliphatic rings. The number of ether oxygens (including phenoxy) is 2. The van der Waals surface area contributed by atoms with Crippen LogP contribution < -0.4 is 20.5 Å². The van der Waals surface area contributed by atoms with Crippen molar-refractivity contribution in [1.29, 1.82) is 0 Å². The fourth-order valence-electron chi connectivity index (χ4n) is 2.22. The highest BCUT2D eigenvalue weighted by atomic mass is 35.5. The van der Waals surface area contributed by atoms with Crippen LogP contribution in [0.4, 0.5) is 0 Å². The Balaban J connectivity index is 0.00000147. The maximum atomic E-state index is 11.8. The van der Waals surface area contributed by atoms with Crippen molar-refractivity contribution in [2.24, 2.45) is 11.7 Å². The summed E-state index contributed by atoms with van der Waals surface area (Å²) < 4.78 is 10.5. The van der Waals surface area contributed by atoms with Crippen molar-refractivity contribution in [2.45, 2.75) is 25.3 Å². The molecule has 0 spiro atoms. The van der Waals surface area contributed by atoms with Gasteiger partial charge in [-0.25, -0.2) is 0 Å². The van der Waals surface area contributed by atoms with Crippen molar-refractivity contribution in [1.82, 2.24) is 5.32 Å². The Bertz CT molecular complexity index is 491. The highest BCUT2D eigenvalue weighted by Crippen LogP contribution is 2.32. The second-order valence-electron chi connectivity index (χ2n) is 5.17. The quantitative estimate of drug-likeness (QED) is 0.857. The zero-order chi connectivity index (χ0) is 13.2. The Morgan fingerprint density at radius 3 is 2.85 bits per heavy atom. The molecular weight excluding hydrogens is 280 g/mol. The van der Waals surface area contributed by atoms with E-state index in [0.29, 0.717) is 24.6 Å². The van der Waals surface area contributed by atoms with E-state index >= 15 is 0 Å². The average Bonchev–Trinajstić information content (AvgIpc) is 3.15. The fourth-order valence-corrected chi connectivity index (χ4v) is 2.22. The van der Waals surface area contributed by atoms with Crippen LogP contribution in [0.1, 0.15) is 18.4 Å². The number of hydrogen-bond acceptors (Lipinski definition) is 4. The number of fused-ring (bicyclic) bond motifs is 1. The van der Waals surface area contributed by atoms with E-state index in [4.69, 9.17) is 15.2 Å². The molecule has 1 heterocycles. The SMILES string of the molecule is Cl.NC(CNC(=O)Cc1ccc2c(c1)OCO2)C1CC1. The summed E-state index contributed by atoms with van der Waals surface area (Å²) in [7, 11) is 0. The first-order valence-electron chi connectivity index (χ1n) is 6.63. The van der Waals surface area contributed by atoms with Crippen molar-refractivity contribution >= 4 is 18.3 Å². The van der Waals surface area contributed by atoms with Crippen LogP contribution in [0.3, 0.4) is 0 Å². The van der Waals surface area contributed by atoms with Gasteiger partial charge in [0, 0.05) is 12.6 Å². The number of nitrogens with one attached hydrogen (secondary N) is 1. The predicted octanol–water partition coefficient (Wildman–Crippen LogP) is 1.23. The van der Waals surface area contributed by atoms with E-state index in [1.54, 1.807) is 0 Å². The van der Waals surface area contributed by atoms with E-state index < -0.39 is 0 Å². The maximum absolute atomic E-state index is 11.8. The molecule has 1 amide bonds. The lowest BCUT2D eigenvalue weighted by molar-refractivity contribution is -0.120. The number of nitrogens with two attached hydrogens (primary N) is 1. The molecule has 1 aromatic carbocycles. The number of amides is 1. The van der Waals surface area contributed by atoms with Crippen LogP contribution in [-0.4, -0.2) is 25.3 Å². The van der Waals surface area contributed by atoms with E-state index in [-0.39, 0.29) is 31.1 Å². The van der Waals surface area contributed by atoms with E-state index in [0.717, 1.165) is 11.3 Å². The van der Waals surface area contributed by atoms with Crippen LogP contribution in [0.25, 0.3) is 0 Å². The van der Waals surface area contributed by atoms with Crippen LogP contribution in [0, 0.1) is 5.92 Å². The summed E-state index contributed by atoms with van der Waals surface area (Å²) in [5, 5.41) is 2.88. The average molecular weight is 299 g/mol. The minimum atomic E-state index is -0.00466. The standard InChI is InChI=1S/C14H18N2O3.ClH/c15-11(10-2-3-10)7-16-14(17)6-9-1-4-12-13(5-9)19-8-18-12;/h1,4-5,10-11H,2-3,6-8,15H2,(H,16,17);1H. The van der Waals surface area contributed by atoms with Gasteiger partial charge in [-0.2, -0.15) is 0 Å². The molecule has 1 atom stereocenters. The molecule has 5 nitrogen and oxygen atoms in total. The Morgan fingerprint density at radius 1 is 1.35 bits per heavy atom. The fraction of sp³-hybridized carbons (Fsp3) is 0.500. The van der Waals surface area contributed by atoms with Crippen LogP contribution in [0.15, 0.2) is 18.2 Å². The molecule has 6 heteroatoms. The summed E-state index contributed by atoms with van der Waals surface area (Å²) in [6.45, 7) is 0.815. The number of benzene rings is 1. The van der Waals surface area contributed by atoms with Crippen LogP contribution in [0.2, 0.25) is 0 Å². The number of carbonyl (C=O) groups is 1. The smallest absolute Gasteiger partial charge is 0.231 e. The molecule has 1 aliphatic heterocycles. The molecule has 1 aromatic rings. The first-order chi connectivity index (χ1) is 9.22. The number of halogens is 1. The third-order valence-corrected chi connectivity index (χ3v) is 3.56. The first kappa shape index (κ1) is 14.9. The van der Waals surface area contributed by atoms with Crippen LogP contribution in [-0.2, 0) is 11.2 Å². The van der Waals surface area contributed by atoms with E-state index in [2.05, 4.69) is 5.32 Å². The van der Waals surface area contributed by atoms with Crippen molar-refractivity contribution < 1.29 is 14.3 Å². The third-order valence-electron chi connectivity index (χ3n) is 3.56. The summed E-state index contributed by atoms with van der Waals surface area (Å²) in [6.07, 6.45) is 2.73. The van der Waals surface area contributed by atoms with Gasteiger partial charge in [0.05, 0.1) is 6.42 Å².